The first-order chi connectivity index (χ1) is 47.7. The van der Waals surface area contributed by atoms with Gasteiger partial charge in [0.15, 0.2) is 6.04 Å². The first kappa shape index (κ1) is 80.0. The fraction of sp³-hybridized carbons (Fsp3) is 0.508. The molecule has 4 aromatic rings. The smallest absolute Gasteiger partial charge is 0.328 e. The number of rotatable bonds is 26. The van der Waals surface area contributed by atoms with Crippen LogP contribution in [0.2, 0.25) is 0 Å². The Labute approximate surface area is 584 Å². The summed E-state index contributed by atoms with van der Waals surface area (Å²) >= 11 is 0. The number of unbranched alkanes of at least 4 members (excludes halogenated alkanes) is 1. The van der Waals surface area contributed by atoms with E-state index >= 15 is 14.4 Å². The molecule has 0 bridgehead atoms. The van der Waals surface area contributed by atoms with Crippen LogP contribution in [0, 0.1) is 0 Å². The molecule has 2 aliphatic heterocycles. The quantitative estimate of drug-likeness (QED) is 0.0215. The highest BCUT2D eigenvalue weighted by Gasteiger charge is 2.38. The maximum Gasteiger partial charge on any atom is 0.328 e. The zero-order valence-electron chi connectivity index (χ0n) is 55.4. The number of phenolic OH excluding ortho intramolecular Hbond substituents is 1. The molecule has 100 heavy (non-hydrogen) atoms. The van der Waals surface area contributed by atoms with E-state index in [4.69, 9.17) is 5.73 Å². The molecule has 18 N–H and O–H groups in total. The number of aliphatic carboxylic acids is 4. The van der Waals surface area contributed by atoms with Gasteiger partial charge >= 0.3 is 23.9 Å². The van der Waals surface area contributed by atoms with Crippen LogP contribution in [-0.4, -0.2) is 289 Å². The van der Waals surface area contributed by atoms with Crippen LogP contribution in [-0.2, 0) is 76.8 Å². The maximum absolute atomic E-state index is 15.3. The van der Waals surface area contributed by atoms with Crippen LogP contribution in [0.15, 0.2) is 85.1 Å². The summed E-state index contributed by atoms with van der Waals surface area (Å²) in [6.07, 6.45) is -1.92. The Kier molecular flexibility index (Phi) is 32.3. The number of fused-ring (bicyclic) bond motifs is 1. The summed E-state index contributed by atoms with van der Waals surface area (Å²) in [4.78, 5) is 176. The molecule has 546 valence electrons. The van der Waals surface area contributed by atoms with E-state index < -0.39 is 163 Å². The highest BCUT2D eigenvalue weighted by atomic mass is 33.1. The van der Waals surface area contributed by atoms with Gasteiger partial charge in [0.25, 0.3) is 0 Å². The molecule has 0 spiro atoms. The van der Waals surface area contributed by atoms with Crippen LogP contribution in [0.1, 0.15) is 49.8 Å². The number of nitrogens with two attached hydrogens (primary N) is 1. The van der Waals surface area contributed by atoms with Crippen molar-refractivity contribution in [3.63, 3.8) is 0 Å². The number of para-hydroxylation sites is 1. The van der Waals surface area contributed by atoms with Crippen molar-refractivity contribution < 1.29 is 93.3 Å². The van der Waals surface area contributed by atoms with Crippen molar-refractivity contribution in [3.05, 3.63) is 102 Å². The molecule has 2 fully saturated rings. The van der Waals surface area contributed by atoms with Gasteiger partial charge in [-0.3, -0.25) is 72.3 Å². The molecule has 6 rings (SSSR count). The van der Waals surface area contributed by atoms with Crippen LogP contribution >= 0.6 is 21.6 Å². The van der Waals surface area contributed by atoms with Crippen molar-refractivity contribution in [3.8, 4) is 5.75 Å². The van der Waals surface area contributed by atoms with Crippen LogP contribution in [0.3, 0.4) is 0 Å². The van der Waals surface area contributed by atoms with Gasteiger partial charge < -0.3 is 89.0 Å². The fourth-order valence-electron chi connectivity index (χ4n) is 11.1. The molecule has 0 aliphatic carbocycles. The van der Waals surface area contributed by atoms with E-state index in [0.29, 0.717) is 34.0 Å². The zero-order chi connectivity index (χ0) is 73.0. The van der Waals surface area contributed by atoms with Gasteiger partial charge in [-0.05, 0) is 74.5 Å². The van der Waals surface area contributed by atoms with E-state index in [2.05, 4.69) is 47.5 Å². The van der Waals surface area contributed by atoms with Gasteiger partial charge in [-0.2, -0.15) is 0 Å². The minimum absolute atomic E-state index is 0.0426. The standard InChI is InChI=1S/C65H90N14O19S2/c1-38(80)56-64(96)73-51(63(95)75-57(39(2)81)65(97)98)37-100-99-36-50(72-59(91)47(28-40-10-4-3-5-11-40)68-52(83)32-76-20-22-77(33-53(84)85)24-26-79(35-55(88)89)27-25-78(23-21-76)34-54(86)87)62(94)70-48(29-41-15-17-43(82)18-16-41)60(92)71-49(30-42-31-67-45-13-7-6-12-44(42)45)61(93)69-46(58(90)74-56)14-8-9-19-66/h3-7,10-13,15-18,31,38-39,46-51,56-57,67,80-82H,8-9,14,19-30,32-37,66H2,1-2H3,(H,68,83)(H,69,93)(H,70,94)(H,71,92)(H,72,91)(H,73,96)(H,74,90)(H,75,95)(H,84,85)(H,86,87)(H,88,89)(H,97,98)/t38-,39-,46+,47-,48+,49?,50?,51?,56+,57+/m1/s1. The van der Waals surface area contributed by atoms with Gasteiger partial charge in [0, 0.05) is 100 Å². The van der Waals surface area contributed by atoms with Gasteiger partial charge in [-0.15, -0.1) is 0 Å². The van der Waals surface area contributed by atoms with Crippen LogP contribution < -0.4 is 48.3 Å². The molecule has 3 heterocycles. The number of aliphatic hydroxyl groups is 2. The predicted molar refractivity (Wildman–Crippen MR) is 367 cm³/mol. The number of carbonyl (C=O) groups excluding carboxylic acids is 8. The fourth-order valence-corrected chi connectivity index (χ4v) is 13.4. The second-order valence-electron chi connectivity index (χ2n) is 24.5. The number of amides is 8. The summed E-state index contributed by atoms with van der Waals surface area (Å²) in [5.74, 6) is -14.0. The largest absolute Gasteiger partial charge is 0.508 e. The molecule has 35 heteroatoms. The van der Waals surface area contributed by atoms with E-state index in [-0.39, 0.29) is 103 Å². The molecule has 1 aromatic heterocycles. The lowest BCUT2D eigenvalue weighted by molar-refractivity contribution is -0.145. The summed E-state index contributed by atoms with van der Waals surface area (Å²) in [7, 11) is 1.66. The average molecular weight is 1440 g/mol. The molecule has 10 atom stereocenters. The Morgan fingerprint density at radius 1 is 0.580 bits per heavy atom. The number of nitrogens with one attached hydrogen (secondary N) is 9. The monoisotopic (exact) mass is 1430 g/mol. The number of carboxylic acids is 4. The summed E-state index contributed by atoms with van der Waals surface area (Å²) in [5, 5.41) is 92.4. The van der Waals surface area contributed by atoms with Crippen molar-refractivity contribution in [1.29, 1.82) is 0 Å². The Hall–Kier alpha value is -8.94. The Morgan fingerprint density at radius 3 is 1.65 bits per heavy atom. The van der Waals surface area contributed by atoms with Gasteiger partial charge in [0.1, 0.15) is 48.0 Å². The maximum atomic E-state index is 15.3. The van der Waals surface area contributed by atoms with E-state index in [9.17, 15) is 78.9 Å². The molecule has 0 radical (unpaired) electrons. The lowest BCUT2D eigenvalue weighted by Gasteiger charge is -2.33. The average Bonchev–Trinajstić information content (AvgIpc) is 1.59. The number of aliphatic hydroxyl groups excluding tert-OH is 2. The summed E-state index contributed by atoms with van der Waals surface area (Å²) < 4.78 is 0. The third kappa shape index (κ3) is 26.6. The van der Waals surface area contributed by atoms with Crippen molar-refractivity contribution in [2.45, 2.75) is 113 Å². The van der Waals surface area contributed by atoms with Crippen molar-refractivity contribution in [2.75, 3.05) is 96.6 Å². The molecular formula is C65H90N14O19S2. The van der Waals surface area contributed by atoms with E-state index in [1.807, 2.05) is 0 Å². The first-order valence-electron chi connectivity index (χ1n) is 32.5. The number of benzene rings is 3. The van der Waals surface area contributed by atoms with Gasteiger partial charge in [0.2, 0.25) is 47.3 Å². The molecule has 0 saturated carbocycles. The molecule has 33 nitrogen and oxygen atoms in total. The second-order valence-corrected chi connectivity index (χ2v) is 27.0. The van der Waals surface area contributed by atoms with Crippen molar-refractivity contribution in [1.82, 2.24) is 67.1 Å². The minimum Gasteiger partial charge on any atom is -0.508 e. The normalized spacial score (nSPS) is 21.9. The van der Waals surface area contributed by atoms with Gasteiger partial charge in [-0.1, -0.05) is 82.3 Å². The highest BCUT2D eigenvalue weighted by molar-refractivity contribution is 8.76. The van der Waals surface area contributed by atoms with Crippen molar-refractivity contribution in [2.24, 2.45) is 5.73 Å². The van der Waals surface area contributed by atoms with E-state index in [1.54, 1.807) is 80.4 Å². The second kappa shape index (κ2) is 40.3. The van der Waals surface area contributed by atoms with E-state index in [0.717, 1.165) is 35.4 Å². The molecule has 3 aromatic carbocycles. The van der Waals surface area contributed by atoms with Gasteiger partial charge in [0.05, 0.1) is 38.4 Å². The third-order valence-corrected chi connectivity index (χ3v) is 19.0. The van der Waals surface area contributed by atoms with Crippen LogP contribution in [0.25, 0.3) is 10.9 Å². The highest BCUT2D eigenvalue weighted by Crippen LogP contribution is 2.25. The molecule has 2 aliphatic rings. The number of nitrogens with zero attached hydrogens (tertiary/aromatic N) is 4. The molecule has 8 amide bonds. The summed E-state index contributed by atoms with van der Waals surface area (Å²) in [6.45, 7) is 1.38. The number of carboxylic acid groups (broad SMARTS) is 4. The number of phenols is 1. The number of aromatic amines is 1. The summed E-state index contributed by atoms with van der Waals surface area (Å²) in [5.41, 5.74) is 7.96. The van der Waals surface area contributed by atoms with Crippen molar-refractivity contribution >= 4 is 104 Å². The number of hydrogen-bond acceptors (Lipinski definition) is 22. The third-order valence-electron chi connectivity index (χ3n) is 16.6. The molecular weight excluding hydrogens is 1340 g/mol. The SMILES string of the molecule is C[C@@H](O)[C@H](NC(=O)C1CSSCC(NC(=O)[C@@H](Cc2ccccc2)NC(=O)CN2CCN(CC(=O)O)CCN(CC(=O)O)CCN(CC(=O)O)CC2)C(=O)N[C@@H](Cc2ccc(O)cc2)C(=O)NC(Cc2c[nH]c3ccccc23)C(=O)N[C@@H](CCCCN)C(=O)N[C@@H]([C@@H](C)O)C(=O)N1)C(=O)O. The summed E-state index contributed by atoms with van der Waals surface area (Å²) in [6, 6.07) is 7.92. The van der Waals surface area contributed by atoms with Crippen LogP contribution in [0.5, 0.6) is 5.75 Å². The number of aromatic hydroxyl groups is 1. The zero-order valence-corrected chi connectivity index (χ0v) is 57.1. The molecule has 2 saturated heterocycles. The number of aromatic nitrogens is 1. The number of hydrogen-bond donors (Lipinski definition) is 17. The lowest BCUT2D eigenvalue weighted by atomic mass is 10.0. The topological polar surface area (TPSA) is 497 Å². The lowest BCUT2D eigenvalue weighted by Crippen LogP contribution is -2.62. The first-order valence-corrected chi connectivity index (χ1v) is 35.0. The Morgan fingerprint density at radius 2 is 1.10 bits per heavy atom. The van der Waals surface area contributed by atoms with E-state index in [1.165, 1.54) is 24.3 Å². The minimum atomic E-state index is -1.91. The predicted octanol–water partition coefficient (Wildman–Crippen LogP) is -3.37. The van der Waals surface area contributed by atoms with Gasteiger partial charge in [-0.25, -0.2) is 4.79 Å². The number of H-pyrrole nitrogens is 1. The Bertz CT molecular complexity index is 3410. The molecule has 3 unspecified atom stereocenters. The Balaban J connectivity index is 1.41. The van der Waals surface area contributed by atoms with Crippen LogP contribution in [0.4, 0.5) is 0 Å². The number of carbonyl (C=O) groups is 12.